The second-order valence-electron chi connectivity index (χ2n) is 6.98. The minimum atomic E-state index is -4.65. The highest BCUT2D eigenvalue weighted by Gasteiger charge is 2.39. The van der Waals surface area contributed by atoms with Gasteiger partial charge in [-0.3, -0.25) is 9.58 Å². The molecule has 1 saturated heterocycles. The number of benzene rings is 1. The number of likely N-dealkylation sites (tertiary alicyclic amines) is 1. The fourth-order valence-electron chi connectivity index (χ4n) is 3.39. The number of rotatable bonds is 4. The third-order valence-corrected chi connectivity index (χ3v) is 5.87. The molecule has 2 aromatic rings. The van der Waals surface area contributed by atoms with Crippen LogP contribution in [-0.2, 0) is 18.3 Å². The molecule has 0 amide bonds. The number of aromatic nitrogens is 2. The van der Waals surface area contributed by atoms with E-state index < -0.39 is 28.7 Å². The van der Waals surface area contributed by atoms with Crippen molar-refractivity contribution >= 4 is 23.2 Å². The van der Waals surface area contributed by atoms with Crippen LogP contribution in [0.15, 0.2) is 24.3 Å². The summed E-state index contributed by atoms with van der Waals surface area (Å²) in [6, 6.07) is 6.95. The molecule has 0 bridgehead atoms. The summed E-state index contributed by atoms with van der Waals surface area (Å²) in [6.07, 6.45) is -4.96. The predicted octanol–water partition coefficient (Wildman–Crippen LogP) is 3.82. The second kappa shape index (κ2) is 7.84. The lowest BCUT2D eigenvalue weighted by Crippen LogP contribution is -2.48. The third kappa shape index (κ3) is 4.31. The van der Waals surface area contributed by atoms with E-state index in [1.807, 2.05) is 0 Å². The molecule has 0 aliphatic carbocycles. The molecule has 1 unspecified atom stereocenters. The monoisotopic (exact) mass is 437 g/mol. The normalized spacial score (nSPS) is 19.0. The lowest BCUT2D eigenvalue weighted by Gasteiger charge is -2.40. The summed E-state index contributed by atoms with van der Waals surface area (Å²) in [7, 11) is 0. The standard InChI is InChI=1S/C18H20Cl2F3N3O2/c1-11-15(20)16(18(21,22)23)24-26(11)10-14(27)25-8-6-17(28,7-9-25)12-2-4-13(19)5-3-12/h2-5,14,27-28H,6-10H2,1H3. The molecule has 0 radical (unpaired) electrons. The second-order valence-corrected chi connectivity index (χ2v) is 7.80. The maximum atomic E-state index is 12.9. The summed E-state index contributed by atoms with van der Waals surface area (Å²) < 4.78 is 39.9. The molecule has 0 saturated carbocycles. The summed E-state index contributed by atoms with van der Waals surface area (Å²) >= 11 is 11.6. The maximum Gasteiger partial charge on any atom is 0.436 e. The molecule has 1 fully saturated rings. The Morgan fingerprint density at radius 3 is 2.25 bits per heavy atom. The van der Waals surface area contributed by atoms with Gasteiger partial charge in [-0.25, -0.2) is 0 Å². The Hall–Kier alpha value is -1.32. The molecule has 1 atom stereocenters. The lowest BCUT2D eigenvalue weighted by atomic mass is 9.84. The van der Waals surface area contributed by atoms with Crippen LogP contribution in [0.25, 0.3) is 0 Å². The number of alkyl halides is 3. The van der Waals surface area contributed by atoms with Crippen molar-refractivity contribution in [3.63, 3.8) is 0 Å². The molecule has 0 spiro atoms. The Balaban J connectivity index is 1.66. The van der Waals surface area contributed by atoms with Crippen molar-refractivity contribution in [1.29, 1.82) is 0 Å². The number of nitrogens with zero attached hydrogens (tertiary/aromatic N) is 3. The van der Waals surface area contributed by atoms with E-state index >= 15 is 0 Å². The first kappa shape index (κ1) is 21.4. The molecule has 154 valence electrons. The predicted molar refractivity (Wildman–Crippen MR) is 99.1 cm³/mol. The Bertz CT molecular complexity index is 832. The number of aliphatic hydroxyl groups is 2. The Labute approximate surface area is 170 Å². The van der Waals surface area contributed by atoms with E-state index in [1.165, 1.54) is 6.92 Å². The smallest absolute Gasteiger partial charge is 0.385 e. The minimum Gasteiger partial charge on any atom is -0.385 e. The van der Waals surface area contributed by atoms with Crippen molar-refractivity contribution in [2.45, 2.75) is 44.3 Å². The van der Waals surface area contributed by atoms with Crippen LogP contribution in [0.4, 0.5) is 13.2 Å². The van der Waals surface area contributed by atoms with Gasteiger partial charge in [-0.05, 0) is 37.5 Å². The number of aliphatic hydroxyl groups excluding tert-OH is 1. The first-order chi connectivity index (χ1) is 13.0. The van der Waals surface area contributed by atoms with Crippen LogP contribution in [-0.4, -0.2) is 44.2 Å². The van der Waals surface area contributed by atoms with Crippen LogP contribution in [0.2, 0.25) is 10.0 Å². The van der Waals surface area contributed by atoms with Crippen molar-refractivity contribution in [2.24, 2.45) is 0 Å². The topological polar surface area (TPSA) is 61.5 Å². The number of hydrogen-bond donors (Lipinski definition) is 2. The summed E-state index contributed by atoms with van der Waals surface area (Å²) in [6.45, 7) is 2.02. The Morgan fingerprint density at radius 1 is 1.18 bits per heavy atom. The van der Waals surface area contributed by atoms with Crippen LogP contribution < -0.4 is 0 Å². The zero-order chi connectivity index (χ0) is 20.7. The molecule has 1 aliphatic rings. The molecular weight excluding hydrogens is 418 g/mol. The van der Waals surface area contributed by atoms with Gasteiger partial charge in [-0.15, -0.1) is 0 Å². The molecule has 28 heavy (non-hydrogen) atoms. The van der Waals surface area contributed by atoms with Crippen LogP contribution in [0.1, 0.15) is 29.8 Å². The van der Waals surface area contributed by atoms with Crippen molar-refractivity contribution in [1.82, 2.24) is 14.7 Å². The van der Waals surface area contributed by atoms with E-state index in [4.69, 9.17) is 23.2 Å². The van der Waals surface area contributed by atoms with Crippen molar-refractivity contribution < 1.29 is 23.4 Å². The zero-order valence-corrected chi connectivity index (χ0v) is 16.6. The van der Waals surface area contributed by atoms with Gasteiger partial charge >= 0.3 is 6.18 Å². The summed E-state index contributed by atoms with van der Waals surface area (Å²) in [5.41, 5.74) is -1.30. The van der Waals surface area contributed by atoms with E-state index in [0.717, 1.165) is 10.2 Å². The quantitative estimate of drug-likeness (QED) is 0.762. The molecule has 2 N–H and O–H groups in total. The largest absolute Gasteiger partial charge is 0.436 e. The molecule has 1 aromatic carbocycles. The van der Waals surface area contributed by atoms with Crippen molar-refractivity contribution in [2.75, 3.05) is 13.1 Å². The van der Waals surface area contributed by atoms with Gasteiger partial charge in [0.1, 0.15) is 6.23 Å². The third-order valence-electron chi connectivity index (χ3n) is 5.17. The fraction of sp³-hybridized carbons (Fsp3) is 0.500. The number of hydrogen-bond acceptors (Lipinski definition) is 4. The zero-order valence-electron chi connectivity index (χ0n) is 15.0. The fourth-order valence-corrected chi connectivity index (χ4v) is 3.76. The van der Waals surface area contributed by atoms with Crippen LogP contribution in [0, 0.1) is 6.92 Å². The minimum absolute atomic E-state index is 0.141. The first-order valence-corrected chi connectivity index (χ1v) is 9.47. The molecule has 5 nitrogen and oxygen atoms in total. The van der Waals surface area contributed by atoms with Gasteiger partial charge in [0.15, 0.2) is 5.69 Å². The van der Waals surface area contributed by atoms with E-state index in [1.54, 1.807) is 29.2 Å². The molecular formula is C18H20Cl2F3N3O2. The molecule has 1 aromatic heterocycles. The van der Waals surface area contributed by atoms with Gasteiger partial charge in [0, 0.05) is 18.1 Å². The van der Waals surface area contributed by atoms with Crippen molar-refractivity contribution in [3.05, 3.63) is 51.3 Å². The summed E-state index contributed by atoms with van der Waals surface area (Å²) in [4.78, 5) is 1.70. The van der Waals surface area contributed by atoms with Gasteiger partial charge in [-0.1, -0.05) is 35.3 Å². The lowest BCUT2D eigenvalue weighted by molar-refractivity contribution is -0.141. The van der Waals surface area contributed by atoms with Crippen molar-refractivity contribution in [3.8, 4) is 0 Å². The van der Waals surface area contributed by atoms with Crippen LogP contribution in [0.5, 0.6) is 0 Å². The average Bonchev–Trinajstić information content (AvgIpc) is 2.91. The van der Waals surface area contributed by atoms with E-state index in [0.29, 0.717) is 31.0 Å². The van der Waals surface area contributed by atoms with Gasteiger partial charge < -0.3 is 10.2 Å². The van der Waals surface area contributed by atoms with E-state index in [-0.39, 0.29) is 12.2 Å². The molecule has 10 heteroatoms. The first-order valence-electron chi connectivity index (χ1n) is 8.72. The van der Waals surface area contributed by atoms with Crippen LogP contribution in [0.3, 0.4) is 0 Å². The maximum absolute atomic E-state index is 12.9. The molecule has 3 rings (SSSR count). The van der Waals surface area contributed by atoms with Gasteiger partial charge in [-0.2, -0.15) is 18.3 Å². The van der Waals surface area contributed by atoms with Gasteiger partial charge in [0.05, 0.1) is 22.9 Å². The van der Waals surface area contributed by atoms with Crippen LogP contribution >= 0.6 is 23.2 Å². The summed E-state index contributed by atoms with van der Waals surface area (Å²) in [5.74, 6) is 0. The van der Waals surface area contributed by atoms with Gasteiger partial charge in [0.25, 0.3) is 0 Å². The van der Waals surface area contributed by atoms with E-state index in [2.05, 4.69) is 5.10 Å². The SMILES string of the molecule is Cc1c(Cl)c(C(F)(F)F)nn1CC(O)N1CCC(O)(c2ccc(Cl)cc2)CC1. The average molecular weight is 438 g/mol. The highest BCUT2D eigenvalue weighted by atomic mass is 35.5. The Kier molecular flexibility index (Phi) is 5.99. The Morgan fingerprint density at radius 2 is 1.75 bits per heavy atom. The number of halogens is 5. The van der Waals surface area contributed by atoms with Gasteiger partial charge in [0.2, 0.25) is 0 Å². The van der Waals surface area contributed by atoms with E-state index in [9.17, 15) is 23.4 Å². The summed E-state index contributed by atoms with van der Waals surface area (Å²) in [5, 5.41) is 25.0. The number of piperidine rings is 1. The highest BCUT2D eigenvalue weighted by Crippen LogP contribution is 2.36. The molecule has 1 aliphatic heterocycles. The molecule has 2 heterocycles. The highest BCUT2D eigenvalue weighted by molar-refractivity contribution is 6.32.